The molecule has 1 saturated heterocycles. The minimum atomic E-state index is -0.246. The van der Waals surface area contributed by atoms with Gasteiger partial charge < -0.3 is 4.74 Å². The van der Waals surface area contributed by atoms with Crippen molar-refractivity contribution in [3.05, 3.63) is 35.5 Å². The third kappa shape index (κ3) is 1.82. The van der Waals surface area contributed by atoms with E-state index < -0.39 is 0 Å². The fraction of sp³-hybridized carbons (Fsp3) is 0.636. The Labute approximate surface area is 149 Å². The quantitative estimate of drug-likeness (QED) is 0.489. The third-order valence-corrected chi connectivity index (χ3v) is 8.24. The van der Waals surface area contributed by atoms with Gasteiger partial charge in [-0.2, -0.15) is 0 Å². The number of rotatable bonds is 0. The molecule has 5 atom stereocenters. The van der Waals surface area contributed by atoms with Gasteiger partial charge in [-0.3, -0.25) is 9.59 Å². The van der Waals surface area contributed by atoms with Gasteiger partial charge in [0.25, 0.3) is 0 Å². The first kappa shape index (κ1) is 15.6. The lowest BCUT2D eigenvalue weighted by atomic mass is 9.52. The van der Waals surface area contributed by atoms with Crippen molar-refractivity contribution >= 4 is 11.8 Å². The first-order valence-electron chi connectivity index (χ1n) is 9.74. The van der Waals surface area contributed by atoms with E-state index in [0.717, 1.165) is 32.1 Å². The second kappa shape index (κ2) is 4.75. The summed E-state index contributed by atoms with van der Waals surface area (Å²) in [6.07, 6.45) is 15.0. The van der Waals surface area contributed by atoms with Crippen LogP contribution in [0.2, 0.25) is 0 Å². The van der Waals surface area contributed by atoms with E-state index in [1.54, 1.807) is 0 Å². The summed E-state index contributed by atoms with van der Waals surface area (Å²) in [6, 6.07) is 0. The molecule has 1 heterocycles. The van der Waals surface area contributed by atoms with Crippen molar-refractivity contribution in [3.63, 3.8) is 0 Å². The molecule has 0 aromatic carbocycles. The van der Waals surface area contributed by atoms with E-state index in [4.69, 9.17) is 4.74 Å². The standard InChI is InChI=1S/C22H26O3/c1-20-9-5-15(23)13-14(20)3-4-16-17(20)6-10-21(2)18(16)7-11-22(21)12-8-19(24)25-22/h3-4,6,13,16,18H,5,7-12H2,1-2H3/t16?,18?,20-,21-,22-/m0/s1. The molecule has 1 aliphatic heterocycles. The lowest BCUT2D eigenvalue weighted by Crippen LogP contribution is -2.50. The van der Waals surface area contributed by atoms with E-state index in [0.29, 0.717) is 24.7 Å². The number of hydrogen-bond donors (Lipinski definition) is 0. The van der Waals surface area contributed by atoms with Crippen molar-refractivity contribution in [1.29, 1.82) is 0 Å². The number of allylic oxidation sites excluding steroid dienone is 6. The normalized spacial score (nSPS) is 47.8. The Balaban J connectivity index is 1.58. The van der Waals surface area contributed by atoms with Gasteiger partial charge in [-0.25, -0.2) is 0 Å². The van der Waals surface area contributed by atoms with Crippen LogP contribution in [-0.2, 0) is 14.3 Å². The predicted octanol–water partition coefficient (Wildman–Crippen LogP) is 4.29. The molecule has 0 bridgehead atoms. The molecule has 4 aliphatic carbocycles. The van der Waals surface area contributed by atoms with Crippen molar-refractivity contribution in [3.8, 4) is 0 Å². The van der Waals surface area contributed by atoms with Crippen LogP contribution < -0.4 is 0 Å². The molecule has 2 fully saturated rings. The van der Waals surface area contributed by atoms with E-state index in [9.17, 15) is 9.59 Å². The zero-order valence-corrected chi connectivity index (χ0v) is 15.1. The first-order chi connectivity index (χ1) is 11.9. The number of esters is 1. The first-order valence-corrected chi connectivity index (χ1v) is 9.74. The predicted molar refractivity (Wildman–Crippen MR) is 94.6 cm³/mol. The largest absolute Gasteiger partial charge is 0.458 e. The third-order valence-electron chi connectivity index (χ3n) is 8.24. The van der Waals surface area contributed by atoms with Crippen LogP contribution in [0.3, 0.4) is 0 Å². The average molecular weight is 338 g/mol. The SMILES string of the molecule is C[C@]12CCC(=O)C=C1C=CC1C2=CC[C@@]2(C)C1CC[C@]21CCC(=O)O1. The molecular weight excluding hydrogens is 312 g/mol. The molecule has 2 unspecified atom stereocenters. The highest BCUT2D eigenvalue weighted by molar-refractivity contribution is 5.92. The Bertz CT molecular complexity index is 772. The second-order valence-electron chi connectivity index (χ2n) is 9.18. The van der Waals surface area contributed by atoms with E-state index >= 15 is 0 Å². The van der Waals surface area contributed by atoms with Crippen LogP contribution in [0.15, 0.2) is 35.5 Å². The minimum absolute atomic E-state index is 0.0107. The molecule has 0 aromatic heterocycles. The molecule has 0 radical (unpaired) electrons. The van der Waals surface area contributed by atoms with Gasteiger partial charge in [0.05, 0.1) is 0 Å². The Morgan fingerprint density at radius 3 is 2.72 bits per heavy atom. The summed E-state index contributed by atoms with van der Waals surface area (Å²) in [5, 5.41) is 0. The summed E-state index contributed by atoms with van der Waals surface area (Å²) in [6.45, 7) is 4.67. The maximum Gasteiger partial charge on any atom is 0.306 e. The Morgan fingerprint density at radius 2 is 1.96 bits per heavy atom. The maximum atomic E-state index is 11.9. The van der Waals surface area contributed by atoms with Crippen molar-refractivity contribution in [2.45, 2.75) is 64.4 Å². The molecule has 1 saturated carbocycles. The fourth-order valence-electron chi connectivity index (χ4n) is 6.62. The van der Waals surface area contributed by atoms with Crippen LogP contribution >= 0.6 is 0 Å². The Hall–Kier alpha value is -1.64. The molecule has 0 aromatic rings. The number of carbonyl (C=O) groups excluding carboxylic acids is 2. The minimum Gasteiger partial charge on any atom is -0.458 e. The maximum absolute atomic E-state index is 11.9. The monoisotopic (exact) mass is 338 g/mol. The van der Waals surface area contributed by atoms with Gasteiger partial charge in [0, 0.05) is 29.6 Å². The van der Waals surface area contributed by atoms with Gasteiger partial charge in [0.1, 0.15) is 5.60 Å². The Kier molecular flexibility index (Phi) is 2.96. The highest BCUT2D eigenvalue weighted by Gasteiger charge is 2.64. The van der Waals surface area contributed by atoms with Crippen molar-refractivity contribution in [1.82, 2.24) is 0 Å². The second-order valence-corrected chi connectivity index (χ2v) is 9.18. The highest BCUT2D eigenvalue weighted by atomic mass is 16.6. The summed E-state index contributed by atoms with van der Waals surface area (Å²) in [4.78, 5) is 23.8. The summed E-state index contributed by atoms with van der Waals surface area (Å²) >= 11 is 0. The lowest BCUT2D eigenvalue weighted by molar-refractivity contribution is -0.159. The molecule has 25 heavy (non-hydrogen) atoms. The van der Waals surface area contributed by atoms with Gasteiger partial charge in [-0.1, -0.05) is 37.6 Å². The molecule has 5 aliphatic rings. The molecule has 3 heteroatoms. The zero-order valence-electron chi connectivity index (χ0n) is 15.1. The van der Waals surface area contributed by atoms with Gasteiger partial charge in [0.2, 0.25) is 0 Å². The highest BCUT2D eigenvalue weighted by Crippen LogP contribution is 2.66. The number of carbonyl (C=O) groups is 2. The summed E-state index contributed by atoms with van der Waals surface area (Å²) in [5.74, 6) is 1.20. The molecule has 3 nitrogen and oxygen atoms in total. The van der Waals surface area contributed by atoms with Crippen molar-refractivity contribution < 1.29 is 14.3 Å². The lowest BCUT2D eigenvalue weighted by Gasteiger charge is -2.52. The average Bonchev–Trinajstić information content (AvgIpc) is 3.10. The van der Waals surface area contributed by atoms with Gasteiger partial charge in [0.15, 0.2) is 5.78 Å². The van der Waals surface area contributed by atoms with E-state index in [2.05, 4.69) is 32.1 Å². The van der Waals surface area contributed by atoms with Crippen LogP contribution in [0.25, 0.3) is 0 Å². The van der Waals surface area contributed by atoms with Gasteiger partial charge in [-0.05, 0) is 49.7 Å². The molecular formula is C22H26O3. The fourth-order valence-corrected chi connectivity index (χ4v) is 6.62. The van der Waals surface area contributed by atoms with Gasteiger partial charge in [-0.15, -0.1) is 0 Å². The summed E-state index contributed by atoms with van der Waals surface area (Å²) < 4.78 is 5.96. The zero-order chi connectivity index (χ0) is 17.4. The molecule has 132 valence electrons. The van der Waals surface area contributed by atoms with Crippen LogP contribution in [-0.4, -0.2) is 17.4 Å². The molecule has 1 spiro atoms. The van der Waals surface area contributed by atoms with Crippen LogP contribution in [0.1, 0.15) is 58.8 Å². The van der Waals surface area contributed by atoms with E-state index in [1.807, 2.05) is 6.08 Å². The molecule has 0 N–H and O–H groups in total. The number of hydrogen-bond acceptors (Lipinski definition) is 3. The van der Waals surface area contributed by atoms with E-state index in [-0.39, 0.29) is 28.2 Å². The number of ether oxygens (including phenoxy) is 1. The van der Waals surface area contributed by atoms with Crippen LogP contribution in [0.5, 0.6) is 0 Å². The van der Waals surface area contributed by atoms with Crippen LogP contribution in [0, 0.1) is 22.7 Å². The molecule has 0 amide bonds. The molecule has 5 rings (SSSR count). The van der Waals surface area contributed by atoms with Gasteiger partial charge >= 0.3 is 5.97 Å². The topological polar surface area (TPSA) is 43.4 Å². The summed E-state index contributed by atoms with van der Waals surface area (Å²) in [7, 11) is 0. The van der Waals surface area contributed by atoms with Crippen molar-refractivity contribution in [2.75, 3.05) is 0 Å². The number of fused-ring (bicyclic) bond motifs is 6. The number of ketones is 1. The Morgan fingerprint density at radius 1 is 1.12 bits per heavy atom. The summed E-state index contributed by atoms with van der Waals surface area (Å²) in [5.41, 5.74) is 2.51. The van der Waals surface area contributed by atoms with Crippen molar-refractivity contribution in [2.24, 2.45) is 22.7 Å². The smallest absolute Gasteiger partial charge is 0.306 e. The van der Waals surface area contributed by atoms with Crippen LogP contribution in [0.4, 0.5) is 0 Å². The van der Waals surface area contributed by atoms with E-state index in [1.165, 1.54) is 11.1 Å².